The Balaban J connectivity index is 4.61. The highest BCUT2D eigenvalue weighted by atomic mass is 16.3. The molecule has 3 nitrogen and oxygen atoms in total. The lowest BCUT2D eigenvalue weighted by Crippen LogP contribution is -2.52. The van der Waals surface area contributed by atoms with Crippen molar-refractivity contribution >= 4 is 0 Å². The van der Waals surface area contributed by atoms with Gasteiger partial charge in [0, 0.05) is 24.2 Å². The summed E-state index contributed by atoms with van der Waals surface area (Å²) in [5, 5.41) is 13.2. The fourth-order valence-corrected chi connectivity index (χ4v) is 2.71. The van der Waals surface area contributed by atoms with Crippen LogP contribution in [-0.2, 0) is 0 Å². The van der Waals surface area contributed by atoms with Gasteiger partial charge < -0.3 is 10.4 Å². The molecule has 0 saturated heterocycles. The van der Waals surface area contributed by atoms with Gasteiger partial charge in [-0.15, -0.1) is 0 Å². The molecule has 0 bridgehead atoms. The van der Waals surface area contributed by atoms with E-state index in [1.54, 1.807) is 0 Å². The average Bonchev–Trinajstić information content (AvgIpc) is 2.32. The van der Waals surface area contributed by atoms with Gasteiger partial charge in [-0.05, 0) is 53.0 Å². The van der Waals surface area contributed by atoms with Crippen molar-refractivity contribution in [3.8, 4) is 0 Å². The third-order valence-electron chi connectivity index (χ3n) is 3.70. The molecule has 116 valence electrons. The van der Waals surface area contributed by atoms with Crippen molar-refractivity contribution in [2.45, 2.75) is 78.9 Å². The van der Waals surface area contributed by atoms with Gasteiger partial charge in [0.05, 0.1) is 6.61 Å². The van der Waals surface area contributed by atoms with E-state index in [0.29, 0.717) is 18.0 Å². The maximum Gasteiger partial charge on any atom is 0.0611 e. The Morgan fingerprint density at radius 3 is 2.11 bits per heavy atom. The maximum absolute atomic E-state index is 9.68. The van der Waals surface area contributed by atoms with E-state index in [9.17, 15) is 5.11 Å². The average molecular weight is 272 g/mol. The Bertz CT molecular complexity index is 231. The Labute approximate surface area is 120 Å². The van der Waals surface area contributed by atoms with Crippen molar-refractivity contribution < 1.29 is 5.11 Å². The zero-order valence-electron chi connectivity index (χ0n) is 14.2. The molecule has 0 saturated carbocycles. The van der Waals surface area contributed by atoms with Gasteiger partial charge in [-0.2, -0.15) is 0 Å². The van der Waals surface area contributed by atoms with E-state index in [4.69, 9.17) is 0 Å². The van der Waals surface area contributed by atoms with Gasteiger partial charge in [-0.1, -0.05) is 20.8 Å². The van der Waals surface area contributed by atoms with E-state index in [1.807, 2.05) is 0 Å². The first kappa shape index (κ1) is 18.9. The molecule has 0 aromatic heterocycles. The highest BCUT2D eigenvalue weighted by molar-refractivity contribution is 4.88. The second-order valence-corrected chi connectivity index (χ2v) is 6.88. The topological polar surface area (TPSA) is 35.5 Å². The summed E-state index contributed by atoms with van der Waals surface area (Å²) in [5.74, 6) is 0.675. The zero-order chi connectivity index (χ0) is 15.1. The summed E-state index contributed by atoms with van der Waals surface area (Å²) in [5.41, 5.74) is -0.167. The van der Waals surface area contributed by atoms with Crippen LogP contribution in [0.3, 0.4) is 0 Å². The third kappa shape index (κ3) is 7.28. The number of hydrogen-bond acceptors (Lipinski definition) is 3. The van der Waals surface area contributed by atoms with Crippen LogP contribution in [0, 0.1) is 5.92 Å². The van der Waals surface area contributed by atoms with Crippen LogP contribution in [0.2, 0.25) is 0 Å². The first-order valence-electron chi connectivity index (χ1n) is 7.87. The van der Waals surface area contributed by atoms with E-state index < -0.39 is 0 Å². The van der Waals surface area contributed by atoms with Crippen molar-refractivity contribution in [1.29, 1.82) is 0 Å². The van der Waals surface area contributed by atoms with Crippen LogP contribution in [0.5, 0.6) is 0 Å². The zero-order valence-corrected chi connectivity index (χ0v) is 14.2. The van der Waals surface area contributed by atoms with Gasteiger partial charge in [0.25, 0.3) is 0 Å². The molecule has 0 aliphatic carbocycles. The number of rotatable bonds is 10. The summed E-state index contributed by atoms with van der Waals surface area (Å²) >= 11 is 0. The molecule has 0 radical (unpaired) electrons. The standard InChI is InChI=1S/C16H36N2O/c1-8-9-17-16(7,12-19)10-15(6)18(14(4)5)11-13(2)3/h13-15,17,19H,8-12H2,1-7H3. The molecule has 0 heterocycles. The molecule has 0 aliphatic heterocycles. The first-order chi connectivity index (χ1) is 8.75. The summed E-state index contributed by atoms with van der Waals surface area (Å²) in [6.07, 6.45) is 2.08. The number of aliphatic hydroxyl groups excluding tert-OH is 1. The fraction of sp³-hybridized carbons (Fsp3) is 1.00. The first-order valence-corrected chi connectivity index (χ1v) is 7.87. The predicted octanol–water partition coefficient (Wildman–Crippen LogP) is 2.88. The van der Waals surface area contributed by atoms with E-state index in [1.165, 1.54) is 0 Å². The minimum atomic E-state index is -0.167. The van der Waals surface area contributed by atoms with Gasteiger partial charge in [0.1, 0.15) is 0 Å². The van der Waals surface area contributed by atoms with Crippen LogP contribution in [0.1, 0.15) is 61.3 Å². The van der Waals surface area contributed by atoms with Crippen molar-refractivity contribution in [3.63, 3.8) is 0 Å². The van der Waals surface area contributed by atoms with E-state index in [2.05, 4.69) is 58.7 Å². The van der Waals surface area contributed by atoms with Crippen molar-refractivity contribution in [2.24, 2.45) is 5.92 Å². The molecule has 0 spiro atoms. The van der Waals surface area contributed by atoms with Gasteiger partial charge in [-0.3, -0.25) is 4.90 Å². The second kappa shape index (κ2) is 8.93. The highest BCUT2D eigenvalue weighted by Gasteiger charge is 2.28. The summed E-state index contributed by atoms with van der Waals surface area (Å²) in [6, 6.07) is 1.02. The molecule has 2 N–H and O–H groups in total. The fourth-order valence-electron chi connectivity index (χ4n) is 2.71. The Morgan fingerprint density at radius 2 is 1.74 bits per heavy atom. The van der Waals surface area contributed by atoms with Crippen molar-refractivity contribution in [2.75, 3.05) is 19.7 Å². The van der Waals surface area contributed by atoms with E-state index in [-0.39, 0.29) is 12.1 Å². The van der Waals surface area contributed by atoms with Crippen LogP contribution >= 0.6 is 0 Å². The summed E-state index contributed by atoms with van der Waals surface area (Å²) in [4.78, 5) is 2.55. The minimum Gasteiger partial charge on any atom is -0.394 e. The van der Waals surface area contributed by atoms with Crippen LogP contribution < -0.4 is 5.32 Å². The van der Waals surface area contributed by atoms with E-state index in [0.717, 1.165) is 25.9 Å². The lowest BCUT2D eigenvalue weighted by atomic mass is 9.92. The van der Waals surface area contributed by atoms with Crippen molar-refractivity contribution in [3.05, 3.63) is 0 Å². The van der Waals surface area contributed by atoms with Gasteiger partial charge in [0.2, 0.25) is 0 Å². The molecule has 0 amide bonds. The summed E-state index contributed by atoms with van der Waals surface area (Å²) < 4.78 is 0. The normalized spacial score (nSPS) is 17.2. The Kier molecular flexibility index (Phi) is 8.88. The van der Waals surface area contributed by atoms with E-state index >= 15 is 0 Å². The van der Waals surface area contributed by atoms with Crippen LogP contribution in [0.4, 0.5) is 0 Å². The lowest BCUT2D eigenvalue weighted by molar-refractivity contribution is 0.0884. The second-order valence-electron chi connectivity index (χ2n) is 6.88. The quantitative estimate of drug-likeness (QED) is 0.642. The van der Waals surface area contributed by atoms with Crippen LogP contribution in [-0.4, -0.2) is 47.3 Å². The molecule has 0 aromatic carbocycles. The van der Waals surface area contributed by atoms with Gasteiger partial charge in [0.15, 0.2) is 0 Å². The SMILES string of the molecule is CCCNC(C)(CO)CC(C)N(CC(C)C)C(C)C. The van der Waals surface area contributed by atoms with Crippen molar-refractivity contribution in [1.82, 2.24) is 10.2 Å². The number of aliphatic hydroxyl groups is 1. The summed E-state index contributed by atoms with van der Waals surface area (Å²) in [6.45, 7) is 17.9. The molecule has 19 heavy (non-hydrogen) atoms. The van der Waals surface area contributed by atoms with Crippen LogP contribution in [0.25, 0.3) is 0 Å². The molecule has 0 fully saturated rings. The lowest BCUT2D eigenvalue weighted by Gasteiger charge is -2.39. The molecule has 3 heteroatoms. The minimum absolute atomic E-state index is 0.167. The monoisotopic (exact) mass is 272 g/mol. The largest absolute Gasteiger partial charge is 0.394 e. The molecular formula is C16H36N2O. The number of nitrogens with one attached hydrogen (secondary N) is 1. The maximum atomic E-state index is 9.68. The summed E-state index contributed by atoms with van der Waals surface area (Å²) in [7, 11) is 0. The Morgan fingerprint density at radius 1 is 1.16 bits per heavy atom. The smallest absolute Gasteiger partial charge is 0.0611 e. The number of hydrogen-bond donors (Lipinski definition) is 2. The molecule has 0 rings (SSSR count). The molecule has 2 unspecified atom stereocenters. The predicted molar refractivity (Wildman–Crippen MR) is 84.5 cm³/mol. The van der Waals surface area contributed by atoms with Crippen LogP contribution in [0.15, 0.2) is 0 Å². The van der Waals surface area contributed by atoms with Gasteiger partial charge in [-0.25, -0.2) is 0 Å². The molecule has 2 atom stereocenters. The number of nitrogens with zero attached hydrogens (tertiary/aromatic N) is 1. The molecule has 0 aliphatic rings. The molecule has 0 aromatic rings. The molecular weight excluding hydrogens is 236 g/mol. The third-order valence-corrected chi connectivity index (χ3v) is 3.70. The highest BCUT2D eigenvalue weighted by Crippen LogP contribution is 2.19. The van der Waals surface area contributed by atoms with Gasteiger partial charge >= 0.3 is 0 Å². The Hall–Kier alpha value is -0.120.